The molecule has 126 valence electrons. The first-order chi connectivity index (χ1) is 11.4. The molecule has 0 spiro atoms. The van der Waals surface area contributed by atoms with Gasteiger partial charge < -0.3 is 14.8 Å². The fraction of sp³-hybridized carbons (Fsp3) is 0.222. The van der Waals surface area contributed by atoms with E-state index in [1.807, 2.05) is 0 Å². The lowest BCUT2D eigenvalue weighted by Crippen LogP contribution is -2.20. The lowest BCUT2D eigenvalue weighted by atomic mass is 10.2. The number of amides is 1. The fourth-order valence-electron chi connectivity index (χ4n) is 1.85. The van der Waals surface area contributed by atoms with E-state index in [0.29, 0.717) is 22.0 Å². The van der Waals surface area contributed by atoms with E-state index >= 15 is 0 Å². The highest BCUT2D eigenvalue weighted by molar-refractivity contribution is 6.30. The van der Waals surface area contributed by atoms with Gasteiger partial charge in [0, 0.05) is 10.7 Å². The number of rotatable bonds is 6. The summed E-state index contributed by atoms with van der Waals surface area (Å²) >= 11 is 5.78. The normalized spacial score (nSPS) is 10.3. The Morgan fingerprint density at radius 3 is 2.25 bits per heavy atom. The van der Waals surface area contributed by atoms with E-state index in [1.165, 1.54) is 0 Å². The van der Waals surface area contributed by atoms with Gasteiger partial charge in [-0.2, -0.15) is 0 Å². The number of esters is 1. The van der Waals surface area contributed by atoms with Crippen LogP contribution in [0.3, 0.4) is 0 Å². The summed E-state index contributed by atoms with van der Waals surface area (Å²) in [5, 5.41) is 3.29. The zero-order valence-electron chi connectivity index (χ0n) is 13.4. The molecule has 0 aliphatic heterocycles. The molecule has 0 aliphatic rings. The Labute approximate surface area is 145 Å². The molecule has 0 aromatic heterocycles. The van der Waals surface area contributed by atoms with Gasteiger partial charge in [0.05, 0.1) is 11.7 Å². The van der Waals surface area contributed by atoms with Crippen molar-refractivity contribution >= 4 is 29.2 Å². The lowest BCUT2D eigenvalue weighted by molar-refractivity contribution is -0.118. The van der Waals surface area contributed by atoms with Gasteiger partial charge in [-0.15, -0.1) is 0 Å². The van der Waals surface area contributed by atoms with Crippen LogP contribution in [0.4, 0.5) is 5.69 Å². The second-order valence-electron chi connectivity index (χ2n) is 5.32. The van der Waals surface area contributed by atoms with E-state index in [2.05, 4.69) is 5.32 Å². The molecular formula is C18H18ClNO4. The number of nitrogens with one attached hydrogen (secondary N) is 1. The van der Waals surface area contributed by atoms with E-state index in [1.54, 1.807) is 62.4 Å². The molecule has 2 aromatic rings. The minimum Gasteiger partial charge on any atom is -0.484 e. The number of benzene rings is 2. The lowest BCUT2D eigenvalue weighted by Gasteiger charge is -2.09. The molecule has 0 saturated carbocycles. The molecule has 5 nitrogen and oxygen atoms in total. The summed E-state index contributed by atoms with van der Waals surface area (Å²) in [5.74, 6) is -0.141. The summed E-state index contributed by atoms with van der Waals surface area (Å²) < 4.78 is 10.5. The summed E-state index contributed by atoms with van der Waals surface area (Å²) in [7, 11) is 0. The van der Waals surface area contributed by atoms with Gasteiger partial charge in [0.25, 0.3) is 5.91 Å². The molecular weight excluding hydrogens is 330 g/mol. The second-order valence-corrected chi connectivity index (χ2v) is 5.76. The summed E-state index contributed by atoms with van der Waals surface area (Å²) in [6.07, 6.45) is -0.179. The average Bonchev–Trinajstić information content (AvgIpc) is 2.54. The maximum absolute atomic E-state index is 11.9. The zero-order valence-corrected chi connectivity index (χ0v) is 14.2. The van der Waals surface area contributed by atoms with Gasteiger partial charge in [-0.05, 0) is 62.4 Å². The quantitative estimate of drug-likeness (QED) is 0.804. The third-order valence-electron chi connectivity index (χ3n) is 2.93. The molecule has 0 saturated heterocycles. The van der Waals surface area contributed by atoms with Crippen molar-refractivity contribution < 1.29 is 19.1 Å². The third-order valence-corrected chi connectivity index (χ3v) is 3.18. The number of halogens is 1. The molecule has 0 aliphatic carbocycles. The molecule has 1 amide bonds. The summed E-state index contributed by atoms with van der Waals surface area (Å²) in [4.78, 5) is 23.6. The Morgan fingerprint density at radius 1 is 1.04 bits per heavy atom. The second kappa shape index (κ2) is 8.36. The molecule has 2 rings (SSSR count). The molecule has 0 atom stereocenters. The average molecular weight is 348 g/mol. The van der Waals surface area contributed by atoms with Crippen molar-refractivity contribution in [2.75, 3.05) is 11.9 Å². The highest BCUT2D eigenvalue weighted by Crippen LogP contribution is 2.16. The molecule has 0 fully saturated rings. The molecule has 6 heteroatoms. The van der Waals surface area contributed by atoms with Crippen molar-refractivity contribution in [1.29, 1.82) is 0 Å². The van der Waals surface area contributed by atoms with Crippen LogP contribution in [-0.2, 0) is 9.53 Å². The van der Waals surface area contributed by atoms with Gasteiger partial charge in [-0.25, -0.2) is 4.79 Å². The van der Waals surface area contributed by atoms with Crippen molar-refractivity contribution in [1.82, 2.24) is 0 Å². The molecule has 24 heavy (non-hydrogen) atoms. The smallest absolute Gasteiger partial charge is 0.338 e. The maximum Gasteiger partial charge on any atom is 0.338 e. The van der Waals surface area contributed by atoms with Gasteiger partial charge in [0.1, 0.15) is 5.75 Å². The Hall–Kier alpha value is -2.53. The standard InChI is InChI=1S/C18H18ClNO4/c1-12(2)24-18(22)13-3-7-15(8-4-13)20-17(21)11-23-16-9-5-14(19)6-10-16/h3-10,12H,11H2,1-2H3,(H,20,21). The SMILES string of the molecule is CC(C)OC(=O)c1ccc(NC(=O)COc2ccc(Cl)cc2)cc1. The van der Waals surface area contributed by atoms with Crippen molar-refractivity contribution in [2.45, 2.75) is 20.0 Å². The van der Waals surface area contributed by atoms with Gasteiger partial charge in [0.15, 0.2) is 6.61 Å². The number of anilines is 1. The Balaban J connectivity index is 1.85. The fourth-order valence-corrected chi connectivity index (χ4v) is 1.97. The van der Waals surface area contributed by atoms with E-state index in [9.17, 15) is 9.59 Å². The molecule has 2 aromatic carbocycles. The van der Waals surface area contributed by atoms with E-state index < -0.39 is 5.97 Å². The molecule has 0 bridgehead atoms. The van der Waals surface area contributed by atoms with E-state index in [-0.39, 0.29) is 18.6 Å². The predicted molar refractivity (Wildman–Crippen MR) is 92.6 cm³/mol. The Kier molecular flexibility index (Phi) is 6.21. The van der Waals surface area contributed by atoms with Gasteiger partial charge in [0.2, 0.25) is 0 Å². The van der Waals surface area contributed by atoms with Gasteiger partial charge in [-0.1, -0.05) is 11.6 Å². The minimum atomic E-state index is -0.394. The predicted octanol–water partition coefficient (Wildman–Crippen LogP) is 3.92. The zero-order chi connectivity index (χ0) is 17.5. The number of carbonyl (C=O) groups is 2. The number of hydrogen-bond acceptors (Lipinski definition) is 4. The van der Waals surface area contributed by atoms with E-state index in [0.717, 1.165) is 0 Å². The van der Waals surface area contributed by atoms with E-state index in [4.69, 9.17) is 21.1 Å². The largest absolute Gasteiger partial charge is 0.484 e. The monoisotopic (exact) mass is 347 g/mol. The van der Waals surface area contributed by atoms with Crippen LogP contribution in [0, 0.1) is 0 Å². The highest BCUT2D eigenvalue weighted by Gasteiger charge is 2.09. The summed E-state index contributed by atoms with van der Waals surface area (Å²) in [5.41, 5.74) is 1.000. The number of hydrogen-bond donors (Lipinski definition) is 1. The highest BCUT2D eigenvalue weighted by atomic mass is 35.5. The maximum atomic E-state index is 11.9. The third kappa shape index (κ3) is 5.59. The van der Waals surface area contributed by atoms with Crippen LogP contribution in [0.25, 0.3) is 0 Å². The topological polar surface area (TPSA) is 64.6 Å². The Morgan fingerprint density at radius 2 is 1.67 bits per heavy atom. The van der Waals surface area contributed by atoms with Crippen molar-refractivity contribution in [3.8, 4) is 5.75 Å². The van der Waals surface area contributed by atoms with Crippen LogP contribution >= 0.6 is 11.6 Å². The van der Waals surface area contributed by atoms with Crippen LogP contribution < -0.4 is 10.1 Å². The van der Waals surface area contributed by atoms with Gasteiger partial charge in [-0.3, -0.25) is 4.79 Å². The molecule has 0 heterocycles. The minimum absolute atomic E-state index is 0.126. The van der Waals surface area contributed by atoms with Crippen LogP contribution in [-0.4, -0.2) is 24.6 Å². The Bertz CT molecular complexity index is 696. The van der Waals surface area contributed by atoms with Crippen LogP contribution in [0.15, 0.2) is 48.5 Å². The van der Waals surface area contributed by atoms with Crippen molar-refractivity contribution in [2.24, 2.45) is 0 Å². The number of carbonyl (C=O) groups excluding carboxylic acids is 2. The van der Waals surface area contributed by atoms with Crippen LogP contribution in [0.2, 0.25) is 5.02 Å². The van der Waals surface area contributed by atoms with Gasteiger partial charge >= 0.3 is 5.97 Å². The first-order valence-corrected chi connectivity index (χ1v) is 7.81. The molecule has 1 N–H and O–H groups in total. The molecule has 0 radical (unpaired) electrons. The summed E-state index contributed by atoms with van der Waals surface area (Å²) in [6.45, 7) is 3.44. The molecule has 0 unspecified atom stereocenters. The van der Waals surface area contributed by atoms with Crippen molar-refractivity contribution in [3.05, 3.63) is 59.1 Å². The number of ether oxygens (including phenoxy) is 2. The van der Waals surface area contributed by atoms with Crippen molar-refractivity contribution in [3.63, 3.8) is 0 Å². The van der Waals surface area contributed by atoms with Crippen LogP contribution in [0.5, 0.6) is 5.75 Å². The summed E-state index contributed by atoms with van der Waals surface area (Å²) in [6, 6.07) is 13.2. The van der Waals surface area contributed by atoms with Crippen LogP contribution in [0.1, 0.15) is 24.2 Å². The first kappa shape index (κ1) is 17.8. The first-order valence-electron chi connectivity index (χ1n) is 7.43.